The summed E-state index contributed by atoms with van der Waals surface area (Å²) in [6.07, 6.45) is 2.68. The van der Waals surface area contributed by atoms with E-state index in [-0.39, 0.29) is 29.9 Å². The SMILES string of the molecule is CCc1cc2c3c(cccc3c1)C(=O)N(CCN(C)C)C2=O.CO.O=C1OCc2c3c(c4n(c2=O)Cc2cc5ccccc5nc2-4)C=C13. The van der Waals surface area contributed by atoms with E-state index in [9.17, 15) is 19.2 Å². The summed E-state index contributed by atoms with van der Waals surface area (Å²) >= 11 is 0. The van der Waals surface area contributed by atoms with Crippen molar-refractivity contribution in [3.05, 3.63) is 110 Å². The first-order chi connectivity index (χ1) is 23.2. The molecule has 2 aromatic heterocycles. The van der Waals surface area contributed by atoms with Crippen LogP contribution in [-0.4, -0.2) is 76.5 Å². The largest absolute Gasteiger partial charge is 0.457 e. The molecule has 0 atom stereocenters. The Morgan fingerprint density at radius 2 is 1.67 bits per heavy atom. The smallest absolute Gasteiger partial charge is 0.339 e. The van der Waals surface area contributed by atoms with Crippen molar-refractivity contribution in [3.63, 3.8) is 0 Å². The third-order valence-corrected chi connectivity index (χ3v) is 9.25. The highest BCUT2D eigenvalue weighted by molar-refractivity contribution is 6.29. The summed E-state index contributed by atoms with van der Waals surface area (Å²) in [6, 6.07) is 19.7. The maximum Gasteiger partial charge on any atom is 0.339 e. The highest BCUT2D eigenvalue weighted by Crippen LogP contribution is 2.46. The van der Waals surface area contributed by atoms with Crippen LogP contribution in [0.1, 0.15) is 55.5 Å². The Bertz CT molecular complexity index is 2300. The first-order valence-electron chi connectivity index (χ1n) is 15.8. The molecule has 10 heteroatoms. The zero-order valence-electron chi connectivity index (χ0n) is 27.2. The number of imide groups is 1. The summed E-state index contributed by atoms with van der Waals surface area (Å²) in [5, 5.41) is 9.84. The average molecular weight is 643 g/mol. The number of benzene rings is 3. The van der Waals surface area contributed by atoms with Crippen molar-refractivity contribution in [2.75, 3.05) is 34.3 Å². The van der Waals surface area contributed by atoms with E-state index >= 15 is 0 Å². The molecule has 242 valence electrons. The molecular formula is C38H34N4O6. The van der Waals surface area contributed by atoms with Gasteiger partial charge in [0.05, 0.1) is 34.6 Å². The lowest BCUT2D eigenvalue weighted by Gasteiger charge is -2.28. The molecule has 48 heavy (non-hydrogen) atoms. The molecule has 10 nitrogen and oxygen atoms in total. The fraction of sp³-hybridized carbons (Fsp3) is 0.237. The van der Waals surface area contributed by atoms with Crippen molar-refractivity contribution >= 4 is 51.1 Å². The molecule has 1 aliphatic carbocycles. The van der Waals surface area contributed by atoms with Crippen molar-refractivity contribution in [1.29, 1.82) is 0 Å². The zero-order chi connectivity index (χ0) is 33.9. The van der Waals surface area contributed by atoms with Gasteiger partial charge in [-0.15, -0.1) is 0 Å². The second kappa shape index (κ2) is 12.0. The molecule has 1 N–H and O–H groups in total. The number of aliphatic hydroxyl groups is 1. The predicted octanol–water partition coefficient (Wildman–Crippen LogP) is 4.50. The van der Waals surface area contributed by atoms with Crippen LogP contribution in [0.3, 0.4) is 0 Å². The second-order valence-corrected chi connectivity index (χ2v) is 12.3. The summed E-state index contributed by atoms with van der Waals surface area (Å²) < 4.78 is 6.87. The lowest BCUT2D eigenvalue weighted by Crippen LogP contribution is -2.43. The monoisotopic (exact) mass is 642 g/mol. The normalized spacial score (nSPS) is 14.7. The molecule has 2 amide bonds. The molecule has 0 saturated carbocycles. The van der Waals surface area contributed by atoms with E-state index in [1.807, 2.05) is 73.6 Å². The van der Waals surface area contributed by atoms with E-state index in [0.717, 1.165) is 68.8 Å². The molecular weight excluding hydrogens is 608 g/mol. The van der Waals surface area contributed by atoms with Crippen molar-refractivity contribution < 1.29 is 24.2 Å². The van der Waals surface area contributed by atoms with Gasteiger partial charge >= 0.3 is 5.97 Å². The zero-order valence-corrected chi connectivity index (χ0v) is 27.2. The maximum atomic E-state index is 12.9. The van der Waals surface area contributed by atoms with Crippen LogP contribution in [0.25, 0.3) is 44.7 Å². The van der Waals surface area contributed by atoms with Gasteiger partial charge in [-0.1, -0.05) is 43.3 Å². The van der Waals surface area contributed by atoms with E-state index in [1.54, 1.807) is 4.57 Å². The first-order valence-corrected chi connectivity index (χ1v) is 15.8. The van der Waals surface area contributed by atoms with Crippen LogP contribution in [0.2, 0.25) is 0 Å². The number of carbonyl (C=O) groups excluding carboxylic acids is 3. The summed E-state index contributed by atoms with van der Waals surface area (Å²) in [5.41, 5.74) is 8.77. The number of ether oxygens (including phenoxy) is 1. The number of likely N-dealkylation sites (N-methyl/N-ethyl adjacent to an activating group) is 1. The number of aromatic nitrogens is 2. The molecule has 0 unspecified atom stereocenters. The van der Waals surface area contributed by atoms with Crippen molar-refractivity contribution in [1.82, 2.24) is 19.4 Å². The fourth-order valence-electron chi connectivity index (χ4n) is 6.88. The molecule has 0 fully saturated rings. The third kappa shape index (κ3) is 4.75. The van der Waals surface area contributed by atoms with E-state index in [0.29, 0.717) is 41.9 Å². The lowest BCUT2D eigenvalue weighted by atomic mass is 9.82. The molecule has 3 aliphatic heterocycles. The van der Waals surface area contributed by atoms with Crippen LogP contribution in [0.4, 0.5) is 0 Å². The third-order valence-electron chi connectivity index (χ3n) is 9.25. The number of aliphatic hydroxyl groups excluding tert-OH is 1. The Balaban J connectivity index is 0.000000145. The summed E-state index contributed by atoms with van der Waals surface area (Å²) in [7, 11) is 4.87. The van der Waals surface area contributed by atoms with Crippen LogP contribution in [0.15, 0.2) is 65.5 Å². The highest BCUT2D eigenvalue weighted by atomic mass is 16.5. The maximum absolute atomic E-state index is 12.9. The Hall–Kier alpha value is -5.45. The molecule has 0 spiro atoms. The number of fused-ring (bicyclic) bond motifs is 5. The van der Waals surface area contributed by atoms with Gasteiger partial charge in [0.2, 0.25) is 0 Å². The molecule has 9 rings (SSSR count). The topological polar surface area (TPSA) is 122 Å². The minimum Gasteiger partial charge on any atom is -0.457 e. The van der Waals surface area contributed by atoms with Gasteiger partial charge in [-0.05, 0) is 61.8 Å². The van der Waals surface area contributed by atoms with Crippen LogP contribution in [0, 0.1) is 0 Å². The van der Waals surface area contributed by atoms with Gasteiger partial charge in [-0.3, -0.25) is 19.3 Å². The molecule has 3 aromatic carbocycles. The first kappa shape index (κ1) is 31.2. The molecule has 4 aliphatic rings. The van der Waals surface area contributed by atoms with E-state index in [2.05, 4.69) is 19.1 Å². The number of hydrogen-bond acceptors (Lipinski definition) is 8. The lowest BCUT2D eigenvalue weighted by molar-refractivity contribution is -0.138. The molecule has 0 radical (unpaired) electrons. The van der Waals surface area contributed by atoms with Gasteiger partial charge in [-0.25, -0.2) is 9.78 Å². The Kier molecular flexibility index (Phi) is 7.77. The minimum absolute atomic E-state index is 0.0589. The highest BCUT2D eigenvalue weighted by Gasteiger charge is 2.39. The van der Waals surface area contributed by atoms with E-state index in [4.69, 9.17) is 14.8 Å². The number of pyridine rings is 2. The Morgan fingerprint density at radius 3 is 2.44 bits per heavy atom. The number of aryl methyl sites for hydroxylation is 1. The molecule has 0 saturated heterocycles. The predicted molar refractivity (Wildman–Crippen MR) is 184 cm³/mol. The minimum atomic E-state index is -0.343. The van der Waals surface area contributed by atoms with Crippen LogP contribution in [-0.2, 0) is 29.1 Å². The van der Waals surface area contributed by atoms with Crippen LogP contribution < -0.4 is 5.56 Å². The summed E-state index contributed by atoms with van der Waals surface area (Å²) in [5.74, 6) is -0.705. The Morgan fingerprint density at radius 1 is 0.917 bits per heavy atom. The van der Waals surface area contributed by atoms with Gasteiger partial charge in [0.15, 0.2) is 0 Å². The average Bonchev–Trinajstić information content (AvgIpc) is 3.45. The summed E-state index contributed by atoms with van der Waals surface area (Å²) in [4.78, 5) is 58.3. The van der Waals surface area contributed by atoms with Gasteiger partial charge in [0.1, 0.15) is 6.61 Å². The standard InChI is InChI=1S/C19H10N2O3.C18H20N2O2.CH4O/c22-18-13-8-24-19(23)12-6-11(15(12)13)17-16-10(7-21(17)18)5-9-3-1-2-4-14(9)20-16;1-4-12-10-13-6-5-7-14-16(13)15(11-12)18(22)20(17(14)21)9-8-19(2)3;1-2/h1-6H,7-8H2;5-7,10-11H,4,8-9H2,1-3H3;2H,1H3. The van der Waals surface area contributed by atoms with Crippen LogP contribution in [0.5, 0.6) is 0 Å². The van der Waals surface area contributed by atoms with Gasteiger partial charge in [-0.2, -0.15) is 0 Å². The van der Waals surface area contributed by atoms with Gasteiger partial charge in [0, 0.05) is 58.8 Å². The number of rotatable bonds is 4. The second-order valence-electron chi connectivity index (χ2n) is 12.3. The number of nitrogens with zero attached hydrogens (tertiary/aromatic N) is 4. The van der Waals surface area contributed by atoms with Crippen molar-refractivity contribution in [2.45, 2.75) is 26.5 Å². The molecule has 0 bridgehead atoms. The quantitative estimate of drug-likeness (QED) is 0.220. The van der Waals surface area contributed by atoms with E-state index < -0.39 is 0 Å². The van der Waals surface area contributed by atoms with Gasteiger partial charge < -0.3 is 19.3 Å². The number of hydrogen-bond donors (Lipinski definition) is 1. The number of para-hydroxylation sites is 1. The molecule has 5 heterocycles. The fourth-order valence-corrected chi connectivity index (χ4v) is 6.88. The summed E-state index contributed by atoms with van der Waals surface area (Å²) in [6.45, 7) is 3.72. The number of cyclic esters (lactones) is 1. The van der Waals surface area contributed by atoms with Gasteiger partial charge in [0.25, 0.3) is 17.4 Å². The number of carbonyl (C=O) groups is 3. The van der Waals surface area contributed by atoms with E-state index in [1.165, 1.54) is 4.90 Å². The number of esters is 1. The molecule has 5 aromatic rings. The van der Waals surface area contributed by atoms with Crippen molar-refractivity contribution in [3.8, 4) is 11.4 Å². The van der Waals surface area contributed by atoms with Crippen molar-refractivity contribution in [2.24, 2.45) is 0 Å². The van der Waals surface area contributed by atoms with Crippen LogP contribution >= 0.6 is 0 Å². The Labute approximate surface area is 276 Å². The number of amides is 2.